The van der Waals surface area contributed by atoms with Crippen LogP contribution in [0.1, 0.15) is 16.1 Å². The second-order valence-corrected chi connectivity index (χ2v) is 6.15. The lowest BCUT2D eigenvalue weighted by atomic mass is 10.2. The van der Waals surface area contributed by atoms with Gasteiger partial charge in [-0.1, -0.05) is 17.8 Å². The fourth-order valence-electron chi connectivity index (χ4n) is 2.39. The molecule has 0 aliphatic carbocycles. The second-order valence-electron chi connectivity index (χ2n) is 5.38. The maximum absolute atomic E-state index is 14.0. The fraction of sp³-hybridized carbons (Fsp3) is 0.111. The summed E-state index contributed by atoms with van der Waals surface area (Å²) in [6.07, 6.45) is 3.24. The molecule has 0 spiro atoms. The lowest BCUT2D eigenvalue weighted by Crippen LogP contribution is -2.17. The summed E-state index contributed by atoms with van der Waals surface area (Å²) >= 11 is 1.35. The number of thioether (sulfide) groups is 1. The van der Waals surface area contributed by atoms with Gasteiger partial charge in [0.15, 0.2) is 5.16 Å². The van der Waals surface area contributed by atoms with Crippen LogP contribution in [-0.4, -0.2) is 21.7 Å². The number of aromatic nitrogens is 2. The standard InChI is InChI=1S/C18H15F2N3OS/c1-11-3-8-15(14(20)9-11)22-17(24)16-10-21-18(25-2)23(16)13-6-4-12(19)5-7-13/h3-10H,1-2H3,(H,22,24). The molecule has 3 rings (SSSR count). The lowest BCUT2D eigenvalue weighted by molar-refractivity contribution is 0.101. The van der Waals surface area contributed by atoms with E-state index in [0.717, 1.165) is 5.56 Å². The Labute approximate surface area is 147 Å². The molecular weight excluding hydrogens is 344 g/mol. The van der Waals surface area contributed by atoms with Gasteiger partial charge in [-0.15, -0.1) is 0 Å². The Balaban J connectivity index is 1.98. The van der Waals surface area contributed by atoms with E-state index in [9.17, 15) is 13.6 Å². The highest BCUT2D eigenvalue weighted by Crippen LogP contribution is 2.23. The van der Waals surface area contributed by atoms with Gasteiger partial charge in [0.1, 0.15) is 17.3 Å². The van der Waals surface area contributed by atoms with Crippen LogP contribution in [0.3, 0.4) is 0 Å². The Morgan fingerprint density at radius 3 is 2.52 bits per heavy atom. The van der Waals surface area contributed by atoms with Crippen LogP contribution in [0.4, 0.5) is 14.5 Å². The van der Waals surface area contributed by atoms with Crippen LogP contribution in [0.2, 0.25) is 0 Å². The van der Waals surface area contributed by atoms with Gasteiger partial charge in [0.25, 0.3) is 5.91 Å². The van der Waals surface area contributed by atoms with Crippen molar-refractivity contribution in [3.05, 3.63) is 71.6 Å². The molecule has 0 atom stereocenters. The highest BCUT2D eigenvalue weighted by atomic mass is 32.2. The van der Waals surface area contributed by atoms with Crippen molar-refractivity contribution in [1.29, 1.82) is 0 Å². The molecule has 1 aromatic heterocycles. The van der Waals surface area contributed by atoms with Gasteiger partial charge in [0.2, 0.25) is 0 Å². The SMILES string of the molecule is CSc1ncc(C(=O)Nc2ccc(C)cc2F)n1-c1ccc(F)cc1. The Morgan fingerprint density at radius 1 is 1.16 bits per heavy atom. The summed E-state index contributed by atoms with van der Waals surface area (Å²) in [4.78, 5) is 16.8. The van der Waals surface area contributed by atoms with Gasteiger partial charge in [-0.2, -0.15) is 0 Å². The summed E-state index contributed by atoms with van der Waals surface area (Å²) in [5.41, 5.74) is 1.68. The average molecular weight is 359 g/mol. The molecule has 1 amide bonds. The first-order valence-electron chi connectivity index (χ1n) is 7.45. The zero-order valence-electron chi connectivity index (χ0n) is 13.6. The number of anilines is 1. The summed E-state index contributed by atoms with van der Waals surface area (Å²) in [5, 5.41) is 3.13. The van der Waals surface area contributed by atoms with Crippen molar-refractivity contribution in [2.75, 3.05) is 11.6 Å². The zero-order chi connectivity index (χ0) is 18.0. The molecule has 0 unspecified atom stereocenters. The van der Waals surface area contributed by atoms with Crippen molar-refractivity contribution in [1.82, 2.24) is 9.55 Å². The number of amides is 1. The van der Waals surface area contributed by atoms with Crippen molar-refractivity contribution >= 4 is 23.4 Å². The molecule has 0 saturated heterocycles. The largest absolute Gasteiger partial charge is 0.318 e. The summed E-state index contributed by atoms with van der Waals surface area (Å²) in [6.45, 7) is 1.77. The van der Waals surface area contributed by atoms with Crippen molar-refractivity contribution in [3.63, 3.8) is 0 Å². The van der Waals surface area contributed by atoms with Gasteiger partial charge in [-0.25, -0.2) is 13.8 Å². The first kappa shape index (κ1) is 17.2. The lowest BCUT2D eigenvalue weighted by Gasteiger charge is -2.12. The first-order chi connectivity index (χ1) is 12.0. The molecule has 0 saturated carbocycles. The average Bonchev–Trinajstić information content (AvgIpc) is 3.02. The fourth-order valence-corrected chi connectivity index (χ4v) is 2.93. The third-order valence-corrected chi connectivity index (χ3v) is 4.26. The number of carbonyl (C=O) groups excluding carboxylic acids is 1. The van der Waals surface area contributed by atoms with Crippen LogP contribution >= 0.6 is 11.8 Å². The number of imidazole rings is 1. The van der Waals surface area contributed by atoms with Gasteiger partial charge in [0.05, 0.1) is 11.9 Å². The molecule has 1 N–H and O–H groups in total. The molecule has 25 heavy (non-hydrogen) atoms. The third kappa shape index (κ3) is 3.56. The highest BCUT2D eigenvalue weighted by molar-refractivity contribution is 7.98. The minimum Gasteiger partial charge on any atom is -0.318 e. The van der Waals surface area contributed by atoms with E-state index in [-0.39, 0.29) is 17.2 Å². The number of carbonyl (C=O) groups is 1. The van der Waals surface area contributed by atoms with Crippen LogP contribution in [0.15, 0.2) is 53.8 Å². The number of hydrogen-bond acceptors (Lipinski definition) is 3. The Bertz CT molecular complexity index is 923. The summed E-state index contributed by atoms with van der Waals surface area (Å²) < 4.78 is 28.8. The van der Waals surface area contributed by atoms with Crippen LogP contribution < -0.4 is 5.32 Å². The van der Waals surface area contributed by atoms with E-state index < -0.39 is 11.7 Å². The number of rotatable bonds is 4. The maximum atomic E-state index is 14.0. The maximum Gasteiger partial charge on any atom is 0.274 e. The van der Waals surface area contributed by atoms with E-state index in [4.69, 9.17) is 0 Å². The molecule has 0 fully saturated rings. The van der Waals surface area contributed by atoms with Gasteiger partial charge in [-0.3, -0.25) is 9.36 Å². The van der Waals surface area contributed by atoms with Crippen molar-refractivity contribution in [2.45, 2.75) is 12.1 Å². The van der Waals surface area contributed by atoms with Crippen LogP contribution in [-0.2, 0) is 0 Å². The number of hydrogen-bond donors (Lipinski definition) is 1. The Hall–Kier alpha value is -2.67. The predicted octanol–water partition coefficient (Wildman–Crippen LogP) is 4.43. The molecule has 1 heterocycles. The van der Waals surface area contributed by atoms with E-state index in [0.29, 0.717) is 10.8 Å². The van der Waals surface area contributed by atoms with Crippen molar-refractivity contribution < 1.29 is 13.6 Å². The first-order valence-corrected chi connectivity index (χ1v) is 8.67. The quantitative estimate of drug-likeness (QED) is 0.701. The minimum absolute atomic E-state index is 0.0909. The van der Waals surface area contributed by atoms with E-state index in [1.165, 1.54) is 42.2 Å². The minimum atomic E-state index is -0.508. The van der Waals surface area contributed by atoms with Gasteiger partial charge in [-0.05, 0) is 55.1 Å². The summed E-state index contributed by atoms with van der Waals surface area (Å²) in [7, 11) is 0. The van der Waals surface area contributed by atoms with E-state index >= 15 is 0 Å². The molecule has 3 aromatic rings. The van der Waals surface area contributed by atoms with E-state index in [1.54, 1.807) is 29.7 Å². The molecule has 0 aliphatic rings. The van der Waals surface area contributed by atoms with Crippen molar-refractivity contribution in [2.24, 2.45) is 0 Å². The molecule has 0 bridgehead atoms. The number of nitrogens with zero attached hydrogens (tertiary/aromatic N) is 2. The molecule has 128 valence electrons. The number of halogens is 2. The molecule has 0 radical (unpaired) electrons. The summed E-state index contributed by atoms with van der Waals surface area (Å²) in [5.74, 6) is -1.38. The highest BCUT2D eigenvalue weighted by Gasteiger charge is 2.19. The number of benzene rings is 2. The predicted molar refractivity (Wildman–Crippen MR) is 94.4 cm³/mol. The number of aryl methyl sites for hydroxylation is 1. The molecule has 4 nitrogen and oxygen atoms in total. The second kappa shape index (κ2) is 7.06. The van der Waals surface area contributed by atoms with E-state index in [1.807, 2.05) is 6.26 Å². The van der Waals surface area contributed by atoms with Crippen LogP contribution in [0.5, 0.6) is 0 Å². The molecule has 0 aliphatic heterocycles. The van der Waals surface area contributed by atoms with Gasteiger partial charge < -0.3 is 5.32 Å². The topological polar surface area (TPSA) is 46.9 Å². The van der Waals surface area contributed by atoms with Crippen LogP contribution in [0, 0.1) is 18.6 Å². The number of nitrogens with one attached hydrogen (secondary N) is 1. The zero-order valence-corrected chi connectivity index (χ0v) is 14.4. The summed E-state index contributed by atoms with van der Waals surface area (Å²) in [6, 6.07) is 10.3. The van der Waals surface area contributed by atoms with E-state index in [2.05, 4.69) is 10.3 Å². The molecular formula is C18H15F2N3OS. The Kier molecular flexibility index (Phi) is 4.85. The van der Waals surface area contributed by atoms with Crippen LogP contribution in [0.25, 0.3) is 5.69 Å². The Morgan fingerprint density at radius 2 is 1.88 bits per heavy atom. The monoisotopic (exact) mass is 359 g/mol. The normalized spacial score (nSPS) is 10.7. The van der Waals surface area contributed by atoms with Gasteiger partial charge >= 0.3 is 0 Å². The molecule has 7 heteroatoms. The smallest absolute Gasteiger partial charge is 0.274 e. The van der Waals surface area contributed by atoms with Gasteiger partial charge in [0, 0.05) is 5.69 Å². The molecule has 2 aromatic carbocycles. The third-order valence-electron chi connectivity index (χ3n) is 3.60. The van der Waals surface area contributed by atoms with Crippen molar-refractivity contribution in [3.8, 4) is 5.69 Å².